The number of nitrogens with zero attached hydrogens (tertiary/aromatic N) is 4. The third-order valence-electron chi connectivity index (χ3n) is 2.33. The van der Waals surface area contributed by atoms with Crippen LogP contribution in [0.25, 0.3) is 5.52 Å². The van der Waals surface area contributed by atoms with E-state index in [1.54, 1.807) is 13.8 Å². The number of imidazole rings is 1. The van der Waals surface area contributed by atoms with Crippen LogP contribution >= 0.6 is 0 Å². The predicted molar refractivity (Wildman–Crippen MR) is 58.6 cm³/mol. The quantitative estimate of drug-likeness (QED) is 0.687. The lowest BCUT2D eigenvalue weighted by Gasteiger charge is -2.04. The first-order chi connectivity index (χ1) is 8.13. The first-order valence-corrected chi connectivity index (χ1v) is 5.19. The maximum Gasteiger partial charge on any atom is 0.350 e. The summed E-state index contributed by atoms with van der Waals surface area (Å²) in [6.45, 7) is 3.57. The van der Waals surface area contributed by atoms with E-state index in [4.69, 9.17) is 4.74 Å². The average Bonchev–Trinajstić information content (AvgIpc) is 2.66. The van der Waals surface area contributed by atoms with Gasteiger partial charge in [-0.05, 0) is 13.8 Å². The number of carbonyl (C=O) groups excluding carboxylic acids is 1. The molecule has 0 radical (unpaired) electrons. The van der Waals surface area contributed by atoms with Gasteiger partial charge in [0.1, 0.15) is 12.9 Å². The molecule has 7 heteroatoms. The fourth-order valence-corrected chi connectivity index (χ4v) is 1.49. The number of hydrogen-bond acceptors (Lipinski definition) is 5. The molecule has 0 bridgehead atoms. The van der Waals surface area contributed by atoms with Gasteiger partial charge in [0.25, 0.3) is 0 Å². The molecule has 0 saturated heterocycles. The summed E-state index contributed by atoms with van der Waals surface area (Å²) < 4.78 is 7.15. The van der Waals surface area contributed by atoms with Gasteiger partial charge in [-0.3, -0.25) is 4.79 Å². The summed E-state index contributed by atoms with van der Waals surface area (Å²) in [4.78, 5) is 27.2. The topological polar surface area (TPSA) is 78.5 Å². The number of ether oxygens (including phenoxy) is 1. The van der Waals surface area contributed by atoms with Gasteiger partial charge in [-0.2, -0.15) is 5.10 Å². The van der Waals surface area contributed by atoms with Gasteiger partial charge in [0, 0.05) is 0 Å². The van der Waals surface area contributed by atoms with Gasteiger partial charge in [-0.15, -0.1) is 0 Å². The molecule has 17 heavy (non-hydrogen) atoms. The molecular formula is C10H12N4O3. The molecule has 0 atom stereocenters. The Morgan fingerprint density at radius 1 is 1.53 bits per heavy atom. The molecule has 2 aromatic rings. The monoisotopic (exact) mass is 236 g/mol. The van der Waals surface area contributed by atoms with Gasteiger partial charge in [-0.25, -0.2) is 18.9 Å². The number of hydrogen-bond donors (Lipinski definition) is 0. The zero-order chi connectivity index (χ0) is 12.4. The lowest BCUT2D eigenvalue weighted by molar-refractivity contribution is -0.144. The maximum atomic E-state index is 11.9. The van der Waals surface area contributed by atoms with E-state index in [0.717, 1.165) is 10.4 Å². The minimum atomic E-state index is -0.488. The maximum absolute atomic E-state index is 11.9. The van der Waals surface area contributed by atoms with Crippen LogP contribution in [-0.2, 0) is 16.1 Å². The van der Waals surface area contributed by atoms with Crippen LogP contribution in [0, 0.1) is 6.92 Å². The Kier molecular flexibility index (Phi) is 2.90. The largest absolute Gasteiger partial charge is 0.465 e. The fraction of sp³-hybridized carbons (Fsp3) is 0.400. The number of aromatic nitrogens is 4. The number of esters is 1. The zero-order valence-electron chi connectivity index (χ0n) is 9.58. The number of rotatable bonds is 3. The molecular weight excluding hydrogens is 224 g/mol. The molecule has 0 amide bonds. The highest BCUT2D eigenvalue weighted by Crippen LogP contribution is 2.02. The Morgan fingerprint density at radius 3 is 3.00 bits per heavy atom. The van der Waals surface area contributed by atoms with Gasteiger partial charge < -0.3 is 4.74 Å². The molecule has 0 aliphatic heterocycles. The lowest BCUT2D eigenvalue weighted by Crippen LogP contribution is -2.31. The summed E-state index contributed by atoms with van der Waals surface area (Å²) >= 11 is 0. The van der Waals surface area contributed by atoms with Gasteiger partial charge in [-0.1, -0.05) is 0 Å². The molecule has 2 aromatic heterocycles. The lowest BCUT2D eigenvalue weighted by atomic mass is 10.4. The van der Waals surface area contributed by atoms with E-state index in [0.29, 0.717) is 5.52 Å². The highest BCUT2D eigenvalue weighted by Gasteiger charge is 2.10. The van der Waals surface area contributed by atoms with Crippen LogP contribution in [0.3, 0.4) is 0 Å². The van der Waals surface area contributed by atoms with Crippen LogP contribution in [-0.4, -0.2) is 31.7 Å². The fourth-order valence-electron chi connectivity index (χ4n) is 1.49. The second-order valence-corrected chi connectivity index (χ2v) is 3.48. The van der Waals surface area contributed by atoms with E-state index in [2.05, 4.69) is 10.1 Å². The van der Waals surface area contributed by atoms with Gasteiger partial charge in [0.05, 0.1) is 24.0 Å². The molecule has 7 nitrogen and oxygen atoms in total. The highest BCUT2D eigenvalue weighted by molar-refractivity contribution is 5.68. The van der Waals surface area contributed by atoms with Crippen molar-refractivity contribution in [3.05, 3.63) is 28.7 Å². The molecule has 0 aliphatic rings. The summed E-state index contributed by atoms with van der Waals surface area (Å²) in [6, 6.07) is 0. The average molecular weight is 236 g/mol. The highest BCUT2D eigenvalue weighted by atomic mass is 16.5. The Morgan fingerprint density at radius 2 is 2.29 bits per heavy atom. The molecule has 2 rings (SSSR count). The SMILES string of the molecule is CCOC(=O)Cn1ncc2c(C)ncn2c1=O. The second kappa shape index (κ2) is 4.36. The van der Waals surface area contributed by atoms with Crippen molar-refractivity contribution in [1.82, 2.24) is 19.2 Å². The molecule has 0 aromatic carbocycles. The summed E-state index contributed by atoms with van der Waals surface area (Å²) in [7, 11) is 0. The van der Waals surface area contributed by atoms with E-state index < -0.39 is 11.7 Å². The van der Waals surface area contributed by atoms with Crippen LogP contribution in [0.15, 0.2) is 17.3 Å². The summed E-state index contributed by atoms with van der Waals surface area (Å²) in [5.41, 5.74) is 0.948. The van der Waals surface area contributed by atoms with E-state index >= 15 is 0 Å². The van der Waals surface area contributed by atoms with Crippen LogP contribution in [0.1, 0.15) is 12.6 Å². The van der Waals surface area contributed by atoms with Crippen molar-refractivity contribution in [2.45, 2.75) is 20.4 Å². The minimum absolute atomic E-state index is 0.195. The van der Waals surface area contributed by atoms with Crippen molar-refractivity contribution in [3.8, 4) is 0 Å². The standard InChI is InChI=1S/C10H12N4O3/c1-3-17-9(15)5-14-10(16)13-6-11-7(2)8(13)4-12-14/h4,6H,3,5H2,1-2H3. The van der Waals surface area contributed by atoms with Crippen molar-refractivity contribution >= 4 is 11.5 Å². The summed E-state index contributed by atoms with van der Waals surface area (Å²) in [5.74, 6) is -0.488. The van der Waals surface area contributed by atoms with Crippen LogP contribution in [0.4, 0.5) is 0 Å². The Balaban J connectivity index is 2.40. The molecule has 0 N–H and O–H groups in total. The van der Waals surface area contributed by atoms with Crippen LogP contribution in [0.2, 0.25) is 0 Å². The van der Waals surface area contributed by atoms with E-state index in [1.165, 1.54) is 16.9 Å². The van der Waals surface area contributed by atoms with Gasteiger partial charge in [0.2, 0.25) is 0 Å². The van der Waals surface area contributed by atoms with E-state index in [9.17, 15) is 9.59 Å². The van der Waals surface area contributed by atoms with Crippen molar-refractivity contribution in [3.63, 3.8) is 0 Å². The minimum Gasteiger partial charge on any atom is -0.465 e. The van der Waals surface area contributed by atoms with Crippen molar-refractivity contribution in [1.29, 1.82) is 0 Å². The van der Waals surface area contributed by atoms with E-state index in [-0.39, 0.29) is 13.2 Å². The predicted octanol–water partition coefficient (Wildman–Crippen LogP) is -0.237. The molecule has 0 saturated carbocycles. The van der Waals surface area contributed by atoms with Crippen LogP contribution < -0.4 is 5.69 Å². The summed E-state index contributed by atoms with van der Waals surface area (Å²) in [5, 5.41) is 3.90. The molecule has 0 unspecified atom stereocenters. The second-order valence-electron chi connectivity index (χ2n) is 3.48. The Hall–Kier alpha value is -2.18. The number of aryl methyl sites for hydroxylation is 1. The summed E-state index contributed by atoms with van der Waals surface area (Å²) in [6.07, 6.45) is 2.92. The first-order valence-electron chi connectivity index (χ1n) is 5.19. The Labute approximate surface area is 96.6 Å². The third-order valence-corrected chi connectivity index (χ3v) is 2.33. The Bertz CT molecular complexity index is 614. The molecule has 0 spiro atoms. The zero-order valence-corrected chi connectivity index (χ0v) is 9.58. The van der Waals surface area contributed by atoms with Crippen molar-refractivity contribution in [2.75, 3.05) is 6.61 Å². The molecule has 0 aliphatic carbocycles. The smallest absolute Gasteiger partial charge is 0.350 e. The van der Waals surface area contributed by atoms with Crippen LogP contribution in [0.5, 0.6) is 0 Å². The van der Waals surface area contributed by atoms with Gasteiger partial charge >= 0.3 is 11.7 Å². The van der Waals surface area contributed by atoms with E-state index in [1.807, 2.05) is 0 Å². The first kappa shape index (κ1) is 11.3. The normalized spacial score (nSPS) is 10.7. The molecule has 0 fully saturated rings. The van der Waals surface area contributed by atoms with Crippen molar-refractivity contribution in [2.24, 2.45) is 0 Å². The molecule has 90 valence electrons. The number of carbonyl (C=O) groups is 1. The molecule has 2 heterocycles. The number of fused-ring (bicyclic) bond motifs is 1. The van der Waals surface area contributed by atoms with Crippen molar-refractivity contribution < 1.29 is 9.53 Å². The van der Waals surface area contributed by atoms with Gasteiger partial charge in [0.15, 0.2) is 0 Å². The third kappa shape index (κ3) is 2.03.